The van der Waals surface area contributed by atoms with Gasteiger partial charge in [-0.3, -0.25) is 4.79 Å². The predicted molar refractivity (Wildman–Crippen MR) is 105 cm³/mol. The molecule has 4 rings (SSSR count). The van der Waals surface area contributed by atoms with Gasteiger partial charge in [-0.15, -0.1) is 10.2 Å². The maximum Gasteiger partial charge on any atom is 0.229 e. The molecule has 0 aliphatic carbocycles. The van der Waals surface area contributed by atoms with Crippen LogP contribution in [0.4, 0.5) is 11.5 Å². The van der Waals surface area contributed by atoms with Gasteiger partial charge in [0.25, 0.3) is 0 Å². The summed E-state index contributed by atoms with van der Waals surface area (Å²) in [6, 6.07) is 14.7. The zero-order chi connectivity index (χ0) is 18.6. The number of furan rings is 1. The SMILES string of the molecule is O=C(Nc1ccccc1Cl)[C@@H]1CCCN(c2ccc(-c3ccco3)nn2)C1. The molecule has 2 aromatic heterocycles. The van der Waals surface area contributed by atoms with E-state index in [0.29, 0.717) is 28.7 Å². The minimum atomic E-state index is -0.124. The van der Waals surface area contributed by atoms with Gasteiger partial charge in [0.15, 0.2) is 11.6 Å². The van der Waals surface area contributed by atoms with E-state index in [1.54, 1.807) is 18.4 Å². The van der Waals surface area contributed by atoms with Gasteiger partial charge in [-0.25, -0.2) is 0 Å². The first-order chi connectivity index (χ1) is 13.2. The van der Waals surface area contributed by atoms with Crippen molar-refractivity contribution in [3.8, 4) is 11.5 Å². The number of anilines is 2. The minimum Gasteiger partial charge on any atom is -0.463 e. The van der Waals surface area contributed by atoms with E-state index < -0.39 is 0 Å². The largest absolute Gasteiger partial charge is 0.463 e. The number of benzene rings is 1. The fourth-order valence-electron chi connectivity index (χ4n) is 3.25. The van der Waals surface area contributed by atoms with E-state index in [2.05, 4.69) is 20.4 Å². The Morgan fingerprint density at radius 2 is 2.04 bits per heavy atom. The standard InChI is InChI=1S/C20H19ClN4O2/c21-15-6-1-2-7-16(15)22-20(26)14-5-3-11-25(13-14)19-10-9-17(23-24-19)18-8-4-12-27-18/h1-2,4,6-10,12,14H,3,5,11,13H2,(H,22,26)/t14-/m1/s1. The zero-order valence-corrected chi connectivity index (χ0v) is 15.4. The van der Waals surface area contributed by atoms with Crippen molar-refractivity contribution in [3.63, 3.8) is 0 Å². The molecular weight excluding hydrogens is 364 g/mol. The summed E-state index contributed by atoms with van der Waals surface area (Å²) in [4.78, 5) is 14.8. The van der Waals surface area contributed by atoms with Gasteiger partial charge >= 0.3 is 0 Å². The lowest BCUT2D eigenvalue weighted by molar-refractivity contribution is -0.120. The first kappa shape index (κ1) is 17.5. The number of rotatable bonds is 4. The predicted octanol–water partition coefficient (Wildman–Crippen LogP) is 4.25. The summed E-state index contributed by atoms with van der Waals surface area (Å²) in [5, 5.41) is 12.0. The normalized spacial score (nSPS) is 16.9. The molecule has 7 heteroatoms. The van der Waals surface area contributed by atoms with Crippen molar-refractivity contribution in [2.24, 2.45) is 5.92 Å². The molecule has 0 saturated carbocycles. The number of nitrogens with one attached hydrogen (secondary N) is 1. The summed E-state index contributed by atoms with van der Waals surface area (Å²) < 4.78 is 5.34. The fraction of sp³-hybridized carbons (Fsp3) is 0.250. The van der Waals surface area contributed by atoms with Crippen LogP contribution in [-0.2, 0) is 4.79 Å². The molecule has 0 spiro atoms. The number of aromatic nitrogens is 2. The van der Waals surface area contributed by atoms with Crippen LogP contribution in [0, 0.1) is 5.92 Å². The van der Waals surface area contributed by atoms with Gasteiger partial charge in [-0.1, -0.05) is 23.7 Å². The Bertz CT molecular complexity index is 912. The summed E-state index contributed by atoms with van der Waals surface area (Å²) in [6.07, 6.45) is 3.37. The summed E-state index contributed by atoms with van der Waals surface area (Å²) in [5.74, 6) is 1.31. The molecule has 3 heterocycles. The quantitative estimate of drug-likeness (QED) is 0.730. The molecule has 1 amide bonds. The summed E-state index contributed by atoms with van der Waals surface area (Å²) in [7, 11) is 0. The average molecular weight is 383 g/mol. The average Bonchev–Trinajstić information content (AvgIpc) is 3.25. The van der Waals surface area contributed by atoms with Crippen LogP contribution in [0.15, 0.2) is 59.2 Å². The first-order valence-electron chi connectivity index (χ1n) is 8.88. The molecule has 138 valence electrons. The van der Waals surface area contributed by atoms with Crippen LogP contribution < -0.4 is 10.2 Å². The Hall–Kier alpha value is -2.86. The molecule has 1 fully saturated rings. The maximum absolute atomic E-state index is 12.7. The third-order valence-corrected chi connectivity index (χ3v) is 5.00. The Labute approximate surface area is 162 Å². The van der Waals surface area contributed by atoms with Crippen LogP contribution in [0.3, 0.4) is 0 Å². The molecule has 1 aromatic carbocycles. The number of para-hydroxylation sites is 1. The number of nitrogens with zero attached hydrogens (tertiary/aromatic N) is 3. The number of carbonyl (C=O) groups excluding carboxylic acids is 1. The number of amides is 1. The molecule has 0 bridgehead atoms. The number of halogens is 1. The van der Waals surface area contributed by atoms with Crippen molar-refractivity contribution in [1.29, 1.82) is 0 Å². The Morgan fingerprint density at radius 3 is 2.78 bits per heavy atom. The summed E-state index contributed by atoms with van der Waals surface area (Å²) >= 11 is 6.14. The Morgan fingerprint density at radius 1 is 1.15 bits per heavy atom. The second kappa shape index (κ2) is 7.80. The Balaban J connectivity index is 1.43. The van der Waals surface area contributed by atoms with Crippen molar-refractivity contribution in [3.05, 3.63) is 59.8 Å². The summed E-state index contributed by atoms with van der Waals surface area (Å²) in [6.45, 7) is 1.45. The van der Waals surface area contributed by atoms with Crippen molar-refractivity contribution in [1.82, 2.24) is 10.2 Å². The molecule has 27 heavy (non-hydrogen) atoms. The molecule has 6 nitrogen and oxygen atoms in total. The van der Waals surface area contributed by atoms with E-state index in [9.17, 15) is 4.79 Å². The van der Waals surface area contributed by atoms with Crippen LogP contribution in [-0.4, -0.2) is 29.2 Å². The fourth-order valence-corrected chi connectivity index (χ4v) is 3.43. The van der Waals surface area contributed by atoms with E-state index in [-0.39, 0.29) is 11.8 Å². The highest BCUT2D eigenvalue weighted by Gasteiger charge is 2.27. The second-order valence-electron chi connectivity index (χ2n) is 6.51. The highest BCUT2D eigenvalue weighted by molar-refractivity contribution is 6.33. The maximum atomic E-state index is 12.7. The van der Waals surface area contributed by atoms with Crippen molar-refractivity contribution >= 4 is 29.0 Å². The molecule has 3 aromatic rings. The third-order valence-electron chi connectivity index (χ3n) is 4.67. The smallest absolute Gasteiger partial charge is 0.229 e. The number of hydrogen-bond acceptors (Lipinski definition) is 5. The van der Waals surface area contributed by atoms with E-state index in [1.807, 2.05) is 36.4 Å². The van der Waals surface area contributed by atoms with Gasteiger partial charge in [-0.05, 0) is 49.2 Å². The first-order valence-corrected chi connectivity index (χ1v) is 9.26. The lowest BCUT2D eigenvalue weighted by atomic mass is 9.97. The third kappa shape index (κ3) is 3.95. The van der Waals surface area contributed by atoms with Crippen molar-refractivity contribution in [2.45, 2.75) is 12.8 Å². The molecule has 1 atom stereocenters. The highest BCUT2D eigenvalue weighted by atomic mass is 35.5. The minimum absolute atomic E-state index is 0.0204. The van der Waals surface area contributed by atoms with Gasteiger partial charge in [0.1, 0.15) is 5.69 Å². The van der Waals surface area contributed by atoms with Gasteiger partial charge in [0.05, 0.1) is 22.9 Å². The van der Waals surface area contributed by atoms with Gasteiger partial charge in [0, 0.05) is 13.1 Å². The molecule has 0 radical (unpaired) electrons. The molecular formula is C20H19ClN4O2. The zero-order valence-electron chi connectivity index (χ0n) is 14.6. The molecule has 1 N–H and O–H groups in total. The van der Waals surface area contributed by atoms with E-state index in [0.717, 1.165) is 25.2 Å². The Kier molecular flexibility index (Phi) is 5.07. The van der Waals surface area contributed by atoms with Gasteiger partial charge < -0.3 is 14.6 Å². The highest BCUT2D eigenvalue weighted by Crippen LogP contribution is 2.26. The van der Waals surface area contributed by atoms with Crippen LogP contribution in [0.25, 0.3) is 11.5 Å². The van der Waals surface area contributed by atoms with Crippen molar-refractivity contribution < 1.29 is 9.21 Å². The van der Waals surface area contributed by atoms with Gasteiger partial charge in [-0.2, -0.15) is 0 Å². The van der Waals surface area contributed by atoms with Gasteiger partial charge in [0.2, 0.25) is 5.91 Å². The molecule has 0 unspecified atom stereocenters. The number of hydrogen-bond donors (Lipinski definition) is 1. The molecule has 1 aliphatic heterocycles. The summed E-state index contributed by atoms with van der Waals surface area (Å²) in [5.41, 5.74) is 1.33. The van der Waals surface area contributed by atoms with E-state index >= 15 is 0 Å². The monoisotopic (exact) mass is 382 g/mol. The number of carbonyl (C=O) groups is 1. The molecule has 1 aliphatic rings. The lowest BCUT2D eigenvalue weighted by Gasteiger charge is -2.32. The second-order valence-corrected chi connectivity index (χ2v) is 6.92. The van der Waals surface area contributed by atoms with Crippen LogP contribution in [0.2, 0.25) is 5.02 Å². The van der Waals surface area contributed by atoms with Crippen LogP contribution >= 0.6 is 11.6 Å². The molecule has 1 saturated heterocycles. The topological polar surface area (TPSA) is 71.3 Å². The van der Waals surface area contributed by atoms with Crippen LogP contribution in [0.1, 0.15) is 12.8 Å². The van der Waals surface area contributed by atoms with Crippen LogP contribution in [0.5, 0.6) is 0 Å². The number of piperidine rings is 1. The van der Waals surface area contributed by atoms with Crippen molar-refractivity contribution in [2.75, 3.05) is 23.3 Å². The lowest BCUT2D eigenvalue weighted by Crippen LogP contribution is -2.41. The van der Waals surface area contributed by atoms with E-state index in [4.69, 9.17) is 16.0 Å². The van der Waals surface area contributed by atoms with E-state index in [1.165, 1.54) is 0 Å².